The number of benzene rings is 8. The van der Waals surface area contributed by atoms with Gasteiger partial charge in [0.1, 0.15) is 0 Å². The third kappa shape index (κ3) is 6.04. The van der Waals surface area contributed by atoms with Gasteiger partial charge in [0, 0.05) is 51.0 Å². The number of hydrogen-bond acceptors (Lipinski definition) is 4. The number of nitrogens with zero attached hydrogens (tertiary/aromatic N) is 4. The summed E-state index contributed by atoms with van der Waals surface area (Å²) in [5.41, 5.74) is 13.0. The van der Waals surface area contributed by atoms with E-state index in [2.05, 4.69) is 158 Å². The van der Waals surface area contributed by atoms with Gasteiger partial charge in [-0.1, -0.05) is 121 Å². The Hall–Kier alpha value is -7.41. The normalized spacial score (nSPS) is 11.6. The van der Waals surface area contributed by atoms with Crippen molar-refractivity contribution in [1.29, 1.82) is 0 Å². The number of imidazole rings is 1. The van der Waals surface area contributed by atoms with Crippen LogP contribution in [-0.2, 0) is 14.1 Å². The number of aryl methyl sites for hydroxylation is 2. The summed E-state index contributed by atoms with van der Waals surface area (Å²) >= 11 is 1.84. The van der Waals surface area contributed by atoms with Crippen LogP contribution in [-0.4, -0.2) is 19.1 Å². The first-order valence-corrected chi connectivity index (χ1v) is 20.5. The smallest absolute Gasteiger partial charge is 0.295 e. The number of fused-ring (bicyclic) bond motifs is 5. The first-order chi connectivity index (χ1) is 28.9. The van der Waals surface area contributed by atoms with Crippen molar-refractivity contribution in [2.45, 2.75) is 0 Å². The van der Waals surface area contributed by atoms with E-state index in [1.807, 2.05) is 49.7 Å². The van der Waals surface area contributed by atoms with Gasteiger partial charge in [-0.2, -0.15) is 0 Å². The Morgan fingerprint density at radius 2 is 1.00 bits per heavy atom. The molecule has 0 saturated carbocycles. The van der Waals surface area contributed by atoms with Crippen molar-refractivity contribution >= 4 is 53.3 Å². The third-order valence-electron chi connectivity index (χ3n) is 11.6. The molecule has 0 spiro atoms. The average Bonchev–Trinajstić information content (AvgIpc) is 3.78. The van der Waals surface area contributed by atoms with Gasteiger partial charge in [0.2, 0.25) is 0 Å². The molecule has 0 aliphatic rings. The van der Waals surface area contributed by atoms with Crippen molar-refractivity contribution in [3.63, 3.8) is 0 Å². The third-order valence-corrected chi connectivity index (χ3v) is 12.7. The van der Waals surface area contributed by atoms with E-state index in [-0.39, 0.29) is 5.69 Å². The highest BCUT2D eigenvalue weighted by Gasteiger charge is 2.17. The van der Waals surface area contributed by atoms with Crippen molar-refractivity contribution in [2.24, 2.45) is 14.1 Å². The highest BCUT2D eigenvalue weighted by molar-refractivity contribution is 7.25. The van der Waals surface area contributed by atoms with E-state index in [1.54, 1.807) is 9.13 Å². The van der Waals surface area contributed by atoms with Crippen molar-refractivity contribution in [1.82, 2.24) is 19.1 Å². The highest BCUT2D eigenvalue weighted by Crippen LogP contribution is 2.40. The largest absolute Gasteiger partial charge is 0.328 e. The van der Waals surface area contributed by atoms with Crippen LogP contribution < -0.4 is 5.69 Å². The van der Waals surface area contributed by atoms with Crippen molar-refractivity contribution < 1.29 is 0 Å². The van der Waals surface area contributed by atoms with E-state index in [4.69, 9.17) is 9.97 Å². The number of hydrogen-bond donors (Lipinski definition) is 0. The fraction of sp³-hybridized carbons (Fsp3) is 0.0377. The van der Waals surface area contributed by atoms with Gasteiger partial charge in [-0.15, -0.1) is 11.3 Å². The Morgan fingerprint density at radius 1 is 0.407 bits per heavy atom. The van der Waals surface area contributed by atoms with Gasteiger partial charge in [-0.3, -0.25) is 9.13 Å². The molecule has 5 nitrogen and oxygen atoms in total. The lowest BCUT2D eigenvalue weighted by molar-refractivity contribution is 0.795. The minimum Gasteiger partial charge on any atom is -0.295 e. The van der Waals surface area contributed by atoms with Gasteiger partial charge in [-0.05, 0) is 105 Å². The molecule has 11 rings (SSSR count). The van der Waals surface area contributed by atoms with Crippen LogP contribution in [0.4, 0.5) is 0 Å². The second-order valence-electron chi connectivity index (χ2n) is 15.1. The van der Waals surface area contributed by atoms with Crippen LogP contribution >= 0.6 is 11.3 Å². The van der Waals surface area contributed by atoms with Crippen LogP contribution in [0.25, 0.3) is 109 Å². The second kappa shape index (κ2) is 13.9. The monoisotopic (exact) mass is 776 g/mol. The van der Waals surface area contributed by atoms with E-state index in [9.17, 15) is 4.79 Å². The second-order valence-corrected chi connectivity index (χ2v) is 16.2. The first kappa shape index (κ1) is 34.8. The van der Waals surface area contributed by atoms with Crippen LogP contribution in [0.15, 0.2) is 187 Å². The van der Waals surface area contributed by atoms with Gasteiger partial charge in [0.25, 0.3) is 0 Å². The summed E-state index contributed by atoms with van der Waals surface area (Å²) < 4.78 is 5.96. The zero-order valence-corrected chi connectivity index (χ0v) is 33.2. The Bertz CT molecular complexity index is 3500. The molecule has 0 aliphatic heterocycles. The molecule has 0 N–H and O–H groups in total. The molecule has 0 fully saturated rings. The lowest BCUT2D eigenvalue weighted by Crippen LogP contribution is -2.19. The molecule has 0 bridgehead atoms. The maximum absolute atomic E-state index is 12.7. The molecule has 8 aromatic carbocycles. The van der Waals surface area contributed by atoms with E-state index in [0.29, 0.717) is 5.82 Å². The maximum Gasteiger partial charge on any atom is 0.328 e. The molecule has 11 aromatic rings. The quantitative estimate of drug-likeness (QED) is 0.169. The van der Waals surface area contributed by atoms with Crippen molar-refractivity contribution in [2.75, 3.05) is 0 Å². The van der Waals surface area contributed by atoms with Crippen LogP contribution in [0.5, 0.6) is 0 Å². The van der Waals surface area contributed by atoms with E-state index in [1.165, 1.54) is 36.5 Å². The molecule has 0 unspecified atom stereocenters. The summed E-state index contributed by atoms with van der Waals surface area (Å²) in [7, 11) is 3.63. The van der Waals surface area contributed by atoms with Crippen LogP contribution in [0, 0.1) is 0 Å². The van der Waals surface area contributed by atoms with Crippen LogP contribution in [0.3, 0.4) is 0 Å². The van der Waals surface area contributed by atoms with E-state index >= 15 is 0 Å². The van der Waals surface area contributed by atoms with E-state index in [0.717, 1.165) is 66.9 Å². The molecule has 0 aliphatic carbocycles. The molecule has 3 heterocycles. The highest BCUT2D eigenvalue weighted by atomic mass is 32.1. The Balaban J connectivity index is 1.11. The predicted octanol–water partition coefficient (Wildman–Crippen LogP) is 13.2. The standard InChI is InChI=1S/C53H36N4OS/c1-56-48-24-22-37(31-49(48)57(2)53(56)58)35-16-10-17-38(26-35)46-32-47(55-52(54-46)34-13-4-3-5-14-34)41-28-39(27-40(29-41)43-20-11-15-33-12-6-7-18-42(33)43)36-23-25-51-45(30-36)44-19-8-9-21-50(44)59-51/h3-32H,1-2H3. The van der Waals surface area contributed by atoms with Gasteiger partial charge >= 0.3 is 5.69 Å². The molecule has 6 heteroatoms. The predicted molar refractivity (Wildman–Crippen MR) is 247 cm³/mol. The van der Waals surface area contributed by atoms with E-state index < -0.39 is 0 Å². The molecular weight excluding hydrogens is 741 g/mol. The van der Waals surface area contributed by atoms with Crippen molar-refractivity contribution in [3.8, 4) is 67.3 Å². The fourth-order valence-electron chi connectivity index (χ4n) is 8.48. The molecule has 3 aromatic heterocycles. The number of thiophene rings is 1. The topological polar surface area (TPSA) is 52.7 Å². The molecule has 280 valence electrons. The molecule has 0 saturated heterocycles. The zero-order chi connectivity index (χ0) is 39.6. The Kier molecular flexibility index (Phi) is 8.20. The van der Waals surface area contributed by atoms with Gasteiger partial charge in [0.05, 0.1) is 22.4 Å². The summed E-state index contributed by atoms with van der Waals surface area (Å²) in [5, 5.41) is 4.95. The minimum atomic E-state index is -0.0407. The summed E-state index contributed by atoms with van der Waals surface area (Å²) in [6, 6.07) is 64.5. The zero-order valence-electron chi connectivity index (χ0n) is 32.4. The Morgan fingerprint density at radius 3 is 1.88 bits per heavy atom. The fourth-order valence-corrected chi connectivity index (χ4v) is 9.57. The van der Waals surface area contributed by atoms with Gasteiger partial charge in [0.15, 0.2) is 5.82 Å². The van der Waals surface area contributed by atoms with Gasteiger partial charge in [-0.25, -0.2) is 14.8 Å². The number of aromatic nitrogens is 4. The van der Waals surface area contributed by atoms with Gasteiger partial charge < -0.3 is 0 Å². The summed E-state index contributed by atoms with van der Waals surface area (Å²) in [5.74, 6) is 0.660. The summed E-state index contributed by atoms with van der Waals surface area (Å²) in [6.45, 7) is 0. The summed E-state index contributed by atoms with van der Waals surface area (Å²) in [6.07, 6.45) is 0. The lowest BCUT2D eigenvalue weighted by Gasteiger charge is -2.15. The molecular formula is C53H36N4OS. The first-order valence-electron chi connectivity index (χ1n) is 19.7. The SMILES string of the molecule is Cn1c(=O)n(C)c2cc(-c3cccc(-c4cc(-c5cc(-c6ccc7sc8ccccc8c7c6)cc(-c6cccc7ccccc67)c5)nc(-c5ccccc5)n4)c3)ccc21. The average molecular weight is 777 g/mol. The van der Waals surface area contributed by atoms with Crippen LogP contribution in [0.1, 0.15) is 0 Å². The summed E-state index contributed by atoms with van der Waals surface area (Å²) in [4.78, 5) is 23.3. The molecule has 0 atom stereocenters. The molecule has 0 radical (unpaired) electrons. The number of rotatable bonds is 6. The maximum atomic E-state index is 12.7. The lowest BCUT2D eigenvalue weighted by atomic mass is 9.91. The minimum absolute atomic E-state index is 0.0407. The van der Waals surface area contributed by atoms with Crippen LogP contribution in [0.2, 0.25) is 0 Å². The molecule has 0 amide bonds. The van der Waals surface area contributed by atoms with Crippen molar-refractivity contribution in [3.05, 3.63) is 192 Å². The molecule has 59 heavy (non-hydrogen) atoms. The Labute approximate surface area is 344 Å².